The molecule has 0 aliphatic rings. The Morgan fingerprint density at radius 3 is 2.46 bits per heavy atom. The highest BCUT2D eigenvalue weighted by atomic mass is 32.2. The number of aromatic nitrogens is 3. The molecule has 4 nitrogen and oxygen atoms in total. The molecule has 0 atom stereocenters. The lowest BCUT2D eigenvalue weighted by molar-refractivity contribution is 0.301. The molecular formula is C30H29N3OS. The average molecular weight is 480 g/mol. The van der Waals surface area contributed by atoms with E-state index in [9.17, 15) is 0 Å². The van der Waals surface area contributed by atoms with Crippen molar-refractivity contribution < 1.29 is 4.74 Å². The van der Waals surface area contributed by atoms with Gasteiger partial charge in [0, 0.05) is 51.9 Å². The second-order valence-electron chi connectivity index (χ2n) is 9.56. The first-order chi connectivity index (χ1) is 16.9. The van der Waals surface area contributed by atoms with Crippen LogP contribution in [0.2, 0.25) is 0 Å². The van der Waals surface area contributed by atoms with Crippen LogP contribution in [0.4, 0.5) is 0 Å². The van der Waals surface area contributed by atoms with Gasteiger partial charge in [-0.2, -0.15) is 0 Å². The maximum atomic E-state index is 6.08. The first kappa shape index (κ1) is 23.2. The Morgan fingerprint density at radius 2 is 1.74 bits per heavy atom. The topological polar surface area (TPSA) is 39.9 Å². The summed E-state index contributed by atoms with van der Waals surface area (Å²) < 4.78 is 8.53. The van der Waals surface area contributed by atoms with Crippen LogP contribution in [0.15, 0.2) is 102 Å². The molecule has 0 N–H and O–H groups in total. The van der Waals surface area contributed by atoms with Crippen molar-refractivity contribution in [1.82, 2.24) is 14.5 Å². The van der Waals surface area contributed by atoms with E-state index in [4.69, 9.17) is 4.74 Å². The summed E-state index contributed by atoms with van der Waals surface area (Å²) >= 11 is 1.89. The average Bonchev–Trinajstić information content (AvgIpc) is 3.19. The second kappa shape index (κ2) is 9.96. The lowest BCUT2D eigenvalue weighted by Gasteiger charge is -2.16. The normalized spacial score (nSPS) is 11.6. The highest BCUT2D eigenvalue weighted by Gasteiger charge is 2.18. The van der Waals surface area contributed by atoms with Crippen molar-refractivity contribution in [2.24, 2.45) is 0 Å². The SMILES string of the molecule is CC(C)(C)Sc1cn(Cc2ccc(-c3cccnc3)cc2)c2ccc(OCc3ccccn3)cc12. The summed E-state index contributed by atoms with van der Waals surface area (Å²) in [4.78, 5) is 9.86. The molecule has 3 aromatic heterocycles. The zero-order valence-electron chi connectivity index (χ0n) is 20.3. The fourth-order valence-corrected chi connectivity index (χ4v) is 5.16. The second-order valence-corrected chi connectivity index (χ2v) is 11.4. The van der Waals surface area contributed by atoms with Crippen LogP contribution in [-0.4, -0.2) is 19.3 Å². The molecule has 5 rings (SSSR count). The number of benzene rings is 2. The van der Waals surface area contributed by atoms with Gasteiger partial charge >= 0.3 is 0 Å². The molecule has 5 heteroatoms. The van der Waals surface area contributed by atoms with E-state index in [0.717, 1.165) is 23.6 Å². The molecule has 0 aliphatic carbocycles. The van der Waals surface area contributed by atoms with Gasteiger partial charge in [-0.1, -0.05) is 57.2 Å². The Bertz CT molecular complexity index is 1410. The first-order valence-electron chi connectivity index (χ1n) is 11.8. The van der Waals surface area contributed by atoms with Gasteiger partial charge in [0.2, 0.25) is 0 Å². The van der Waals surface area contributed by atoms with Crippen LogP contribution in [0.25, 0.3) is 22.0 Å². The van der Waals surface area contributed by atoms with Gasteiger partial charge < -0.3 is 9.30 Å². The number of fused-ring (bicyclic) bond motifs is 1. The molecule has 0 spiro atoms. The van der Waals surface area contributed by atoms with Crippen molar-refractivity contribution >= 4 is 22.7 Å². The summed E-state index contributed by atoms with van der Waals surface area (Å²) in [5.74, 6) is 0.859. The van der Waals surface area contributed by atoms with Gasteiger partial charge in [0.25, 0.3) is 0 Å². The minimum atomic E-state index is 0.106. The molecule has 3 heterocycles. The Kier molecular flexibility index (Phi) is 6.60. The molecule has 0 aliphatic heterocycles. The zero-order chi connectivity index (χ0) is 24.3. The van der Waals surface area contributed by atoms with Crippen LogP contribution in [0.3, 0.4) is 0 Å². The lowest BCUT2D eigenvalue weighted by Crippen LogP contribution is -2.06. The maximum Gasteiger partial charge on any atom is 0.130 e. The van der Waals surface area contributed by atoms with Crippen molar-refractivity contribution in [3.05, 3.63) is 109 Å². The van der Waals surface area contributed by atoms with E-state index < -0.39 is 0 Å². The van der Waals surface area contributed by atoms with Crippen LogP contribution in [0.5, 0.6) is 5.75 Å². The van der Waals surface area contributed by atoms with Crippen LogP contribution < -0.4 is 4.74 Å². The fraction of sp³-hybridized carbons (Fsp3) is 0.200. The number of hydrogen-bond donors (Lipinski definition) is 0. The van der Waals surface area contributed by atoms with Gasteiger partial charge in [0.1, 0.15) is 12.4 Å². The highest BCUT2D eigenvalue weighted by molar-refractivity contribution is 8.00. The molecule has 176 valence electrons. The van der Waals surface area contributed by atoms with E-state index in [1.54, 1.807) is 12.4 Å². The van der Waals surface area contributed by atoms with E-state index in [2.05, 4.69) is 90.0 Å². The quantitative estimate of drug-likeness (QED) is 0.225. The molecule has 0 fully saturated rings. The van der Waals surface area contributed by atoms with Gasteiger partial charge in [-0.05, 0) is 53.1 Å². The minimum Gasteiger partial charge on any atom is -0.487 e. The van der Waals surface area contributed by atoms with Gasteiger partial charge in [0.05, 0.1) is 5.69 Å². The summed E-state index contributed by atoms with van der Waals surface area (Å²) in [6.45, 7) is 8.01. The Labute approximate surface area is 211 Å². The monoisotopic (exact) mass is 479 g/mol. The molecule has 35 heavy (non-hydrogen) atoms. The lowest BCUT2D eigenvalue weighted by atomic mass is 10.1. The van der Waals surface area contributed by atoms with E-state index in [1.807, 2.05) is 42.2 Å². The van der Waals surface area contributed by atoms with Crippen LogP contribution >= 0.6 is 11.8 Å². The predicted molar refractivity (Wildman–Crippen MR) is 145 cm³/mol. The molecule has 0 amide bonds. The fourth-order valence-electron chi connectivity index (χ4n) is 4.05. The molecule has 0 radical (unpaired) electrons. The van der Waals surface area contributed by atoms with Gasteiger partial charge in [-0.25, -0.2) is 0 Å². The molecular weight excluding hydrogens is 450 g/mol. The third-order valence-electron chi connectivity index (χ3n) is 5.65. The predicted octanol–water partition coefficient (Wildman–Crippen LogP) is 7.62. The summed E-state index contributed by atoms with van der Waals surface area (Å²) in [5.41, 5.74) is 5.70. The number of nitrogens with zero attached hydrogens (tertiary/aromatic N) is 3. The number of ether oxygens (including phenoxy) is 1. The third kappa shape index (κ3) is 5.75. The standard InChI is InChI=1S/C30H29N3OS/c1-30(2,3)35-29-20-33(19-22-9-11-23(12-10-22)24-7-6-15-31-18-24)28-14-13-26(17-27(28)29)34-21-25-8-4-5-16-32-25/h4-18,20H,19,21H2,1-3H3. The van der Waals surface area contributed by atoms with Gasteiger partial charge in [0.15, 0.2) is 0 Å². The molecule has 2 aromatic carbocycles. The van der Waals surface area contributed by atoms with Crippen molar-refractivity contribution in [3.63, 3.8) is 0 Å². The first-order valence-corrected chi connectivity index (χ1v) is 12.6. The van der Waals surface area contributed by atoms with Crippen molar-refractivity contribution in [1.29, 1.82) is 0 Å². The highest BCUT2D eigenvalue weighted by Crippen LogP contribution is 2.39. The van der Waals surface area contributed by atoms with E-state index in [-0.39, 0.29) is 4.75 Å². The van der Waals surface area contributed by atoms with Gasteiger partial charge in [-0.3, -0.25) is 9.97 Å². The van der Waals surface area contributed by atoms with Crippen LogP contribution in [0.1, 0.15) is 32.0 Å². The summed E-state index contributed by atoms with van der Waals surface area (Å²) in [6.07, 6.45) is 7.77. The van der Waals surface area contributed by atoms with Crippen LogP contribution in [0, 0.1) is 0 Å². The Hall–Kier alpha value is -3.57. The smallest absolute Gasteiger partial charge is 0.130 e. The Balaban J connectivity index is 1.42. The Morgan fingerprint density at radius 1 is 0.886 bits per heavy atom. The number of thioether (sulfide) groups is 1. The van der Waals surface area contributed by atoms with Crippen molar-refractivity contribution in [3.8, 4) is 16.9 Å². The van der Waals surface area contributed by atoms with E-state index in [1.165, 1.54) is 26.9 Å². The number of pyridine rings is 2. The zero-order valence-corrected chi connectivity index (χ0v) is 21.1. The largest absolute Gasteiger partial charge is 0.487 e. The summed E-state index contributed by atoms with van der Waals surface area (Å²) in [6, 6.07) is 25.1. The minimum absolute atomic E-state index is 0.106. The molecule has 0 saturated carbocycles. The molecule has 0 unspecified atom stereocenters. The number of rotatable bonds is 7. The van der Waals surface area contributed by atoms with Crippen molar-refractivity contribution in [2.45, 2.75) is 43.6 Å². The van der Waals surface area contributed by atoms with Crippen LogP contribution in [-0.2, 0) is 13.2 Å². The van der Waals surface area contributed by atoms with E-state index >= 15 is 0 Å². The van der Waals surface area contributed by atoms with Gasteiger partial charge in [-0.15, -0.1) is 11.8 Å². The van der Waals surface area contributed by atoms with Crippen molar-refractivity contribution in [2.75, 3.05) is 0 Å². The summed E-state index contributed by atoms with van der Waals surface area (Å²) in [7, 11) is 0. The number of hydrogen-bond acceptors (Lipinski definition) is 4. The maximum absolute atomic E-state index is 6.08. The third-order valence-corrected chi connectivity index (χ3v) is 6.80. The molecule has 0 saturated heterocycles. The molecule has 0 bridgehead atoms. The van der Waals surface area contributed by atoms with E-state index in [0.29, 0.717) is 6.61 Å². The summed E-state index contributed by atoms with van der Waals surface area (Å²) in [5, 5.41) is 1.22. The molecule has 5 aromatic rings.